The second-order valence-corrected chi connectivity index (χ2v) is 5.53. The van der Waals surface area contributed by atoms with Crippen molar-refractivity contribution in [2.24, 2.45) is 0 Å². The van der Waals surface area contributed by atoms with Gasteiger partial charge in [0.05, 0.1) is 6.61 Å². The fraction of sp³-hybridized carbons (Fsp3) is 0.727. The third-order valence-corrected chi connectivity index (χ3v) is 3.43. The van der Waals surface area contributed by atoms with Crippen LogP contribution in [0.4, 0.5) is 0 Å². The van der Waals surface area contributed by atoms with Crippen LogP contribution in [-0.2, 0) is 4.74 Å². The summed E-state index contributed by atoms with van der Waals surface area (Å²) in [6.45, 7) is 6.65. The average molecular weight is 273 g/mol. The Hall–Kier alpha value is -1.21. The molecule has 0 radical (unpaired) electrons. The predicted molar refractivity (Wildman–Crippen MR) is 69.1 cm³/mol. The lowest BCUT2D eigenvalue weighted by Gasteiger charge is -2.31. The van der Waals surface area contributed by atoms with Crippen LogP contribution in [0, 0.1) is 0 Å². The van der Waals surface area contributed by atoms with Crippen molar-refractivity contribution in [1.29, 1.82) is 0 Å². The zero-order valence-corrected chi connectivity index (χ0v) is 12.2. The lowest BCUT2D eigenvalue weighted by molar-refractivity contribution is 0.0525. The van der Waals surface area contributed by atoms with Gasteiger partial charge < -0.3 is 14.4 Å². The van der Waals surface area contributed by atoms with Crippen LogP contribution in [-0.4, -0.2) is 53.9 Å². The highest BCUT2D eigenvalue weighted by Crippen LogP contribution is 2.20. The number of carbonyl (C=O) groups is 1. The summed E-state index contributed by atoms with van der Waals surface area (Å²) in [5.74, 6) is -0.461. The van der Waals surface area contributed by atoms with E-state index in [2.05, 4.69) is 28.9 Å². The Labute approximate surface area is 111 Å². The molecule has 0 saturated carbocycles. The predicted octanol–water partition coefficient (Wildman–Crippen LogP) is 1.43. The highest BCUT2D eigenvalue weighted by atomic mass is 32.1. The number of ether oxygens (including phenoxy) is 2. The number of hydrogen-bond donors (Lipinski definition) is 0. The smallest absolute Gasteiger partial charge is 0.369 e. The molecule has 0 fully saturated rings. The van der Waals surface area contributed by atoms with E-state index < -0.39 is 5.97 Å². The number of rotatable bonds is 6. The van der Waals surface area contributed by atoms with Crippen LogP contribution in [0.25, 0.3) is 0 Å². The Morgan fingerprint density at radius 3 is 2.61 bits per heavy atom. The molecule has 0 amide bonds. The largest absolute Gasteiger partial charge is 0.467 e. The molecule has 0 bridgehead atoms. The van der Waals surface area contributed by atoms with Crippen LogP contribution in [0.1, 0.15) is 30.6 Å². The molecule has 0 unspecified atom stereocenters. The average Bonchev–Trinajstić information content (AvgIpc) is 2.75. The van der Waals surface area contributed by atoms with Gasteiger partial charge in [-0.3, -0.25) is 0 Å². The van der Waals surface area contributed by atoms with E-state index >= 15 is 0 Å². The summed E-state index contributed by atoms with van der Waals surface area (Å²) in [6, 6.07) is 0. The first kappa shape index (κ1) is 14.8. The molecule has 0 N–H and O–H groups in total. The van der Waals surface area contributed by atoms with Crippen molar-refractivity contribution >= 4 is 17.3 Å². The topological polar surface area (TPSA) is 64.5 Å². The van der Waals surface area contributed by atoms with Crippen molar-refractivity contribution in [3.8, 4) is 5.19 Å². The Kier molecular flexibility index (Phi) is 5.03. The van der Waals surface area contributed by atoms with Gasteiger partial charge in [0, 0.05) is 5.54 Å². The Morgan fingerprint density at radius 2 is 2.06 bits per heavy atom. The zero-order valence-electron chi connectivity index (χ0n) is 11.4. The number of esters is 1. The van der Waals surface area contributed by atoms with E-state index in [1.165, 1.54) is 0 Å². The van der Waals surface area contributed by atoms with Crippen molar-refractivity contribution < 1.29 is 14.3 Å². The molecule has 1 aromatic rings. The van der Waals surface area contributed by atoms with Gasteiger partial charge in [-0.2, -0.15) is 0 Å². The van der Waals surface area contributed by atoms with Crippen molar-refractivity contribution in [2.75, 3.05) is 27.3 Å². The van der Waals surface area contributed by atoms with Crippen LogP contribution in [0.5, 0.6) is 5.19 Å². The van der Waals surface area contributed by atoms with Gasteiger partial charge in [0.1, 0.15) is 6.61 Å². The maximum atomic E-state index is 11.4. The molecular formula is C11H19N3O3S. The first-order valence-electron chi connectivity index (χ1n) is 5.67. The minimum atomic E-state index is -0.461. The number of hydrogen-bond acceptors (Lipinski definition) is 7. The van der Waals surface area contributed by atoms with E-state index in [-0.39, 0.29) is 10.5 Å². The summed E-state index contributed by atoms with van der Waals surface area (Å²) in [4.78, 5) is 13.4. The number of nitrogens with zero attached hydrogens (tertiary/aromatic N) is 3. The fourth-order valence-electron chi connectivity index (χ4n) is 0.911. The molecule has 18 heavy (non-hydrogen) atoms. The third-order valence-electron chi connectivity index (χ3n) is 2.62. The molecule has 0 atom stereocenters. The van der Waals surface area contributed by atoms with E-state index in [0.29, 0.717) is 18.4 Å². The van der Waals surface area contributed by atoms with Gasteiger partial charge in [-0.15, -0.1) is 5.10 Å². The van der Waals surface area contributed by atoms with E-state index in [4.69, 9.17) is 9.47 Å². The SMILES string of the molecule is CCOC(=O)c1nnc(OCC(C)(C)N(C)C)s1. The molecule has 1 aromatic heterocycles. The summed E-state index contributed by atoms with van der Waals surface area (Å²) in [6.07, 6.45) is 0. The number of aromatic nitrogens is 2. The van der Waals surface area contributed by atoms with Crippen LogP contribution in [0.15, 0.2) is 0 Å². The van der Waals surface area contributed by atoms with Crippen LogP contribution >= 0.6 is 11.3 Å². The maximum absolute atomic E-state index is 11.4. The summed E-state index contributed by atoms with van der Waals surface area (Å²) in [7, 11) is 3.96. The summed E-state index contributed by atoms with van der Waals surface area (Å²) in [5, 5.41) is 8.14. The molecule has 0 aliphatic rings. The molecule has 7 heteroatoms. The lowest BCUT2D eigenvalue weighted by Crippen LogP contribution is -2.43. The van der Waals surface area contributed by atoms with Gasteiger partial charge in [-0.05, 0) is 46.2 Å². The molecule has 0 aliphatic heterocycles. The molecule has 0 saturated heterocycles. The maximum Gasteiger partial charge on any atom is 0.369 e. The molecule has 0 spiro atoms. The van der Waals surface area contributed by atoms with Crippen molar-refractivity contribution in [1.82, 2.24) is 15.1 Å². The van der Waals surface area contributed by atoms with Gasteiger partial charge in [-0.1, -0.05) is 5.10 Å². The van der Waals surface area contributed by atoms with E-state index in [9.17, 15) is 4.79 Å². The second kappa shape index (κ2) is 6.10. The molecular weight excluding hydrogens is 254 g/mol. The Morgan fingerprint density at radius 1 is 1.39 bits per heavy atom. The molecule has 0 aliphatic carbocycles. The number of carbonyl (C=O) groups excluding carboxylic acids is 1. The summed E-state index contributed by atoms with van der Waals surface area (Å²) in [5.41, 5.74) is -0.115. The van der Waals surface area contributed by atoms with Crippen molar-refractivity contribution in [3.05, 3.63) is 5.01 Å². The Balaban J connectivity index is 2.57. The molecule has 6 nitrogen and oxygen atoms in total. The zero-order chi connectivity index (χ0) is 13.8. The van der Waals surface area contributed by atoms with E-state index in [1.54, 1.807) is 6.92 Å². The van der Waals surface area contributed by atoms with Gasteiger partial charge in [0.25, 0.3) is 5.19 Å². The quantitative estimate of drug-likeness (QED) is 0.731. The monoisotopic (exact) mass is 273 g/mol. The normalized spacial score (nSPS) is 11.7. The third kappa shape index (κ3) is 3.92. The highest BCUT2D eigenvalue weighted by molar-refractivity contribution is 7.14. The van der Waals surface area contributed by atoms with E-state index in [0.717, 1.165) is 11.3 Å². The van der Waals surface area contributed by atoms with Crippen LogP contribution in [0.2, 0.25) is 0 Å². The molecule has 102 valence electrons. The van der Waals surface area contributed by atoms with Gasteiger partial charge >= 0.3 is 5.97 Å². The molecule has 0 aromatic carbocycles. The van der Waals surface area contributed by atoms with Crippen LogP contribution < -0.4 is 4.74 Å². The highest BCUT2D eigenvalue weighted by Gasteiger charge is 2.23. The minimum absolute atomic E-state index is 0.115. The van der Waals surface area contributed by atoms with Crippen molar-refractivity contribution in [3.63, 3.8) is 0 Å². The fourth-order valence-corrected chi connectivity index (χ4v) is 1.50. The van der Waals surface area contributed by atoms with Crippen LogP contribution in [0.3, 0.4) is 0 Å². The number of likely N-dealkylation sites (N-methyl/N-ethyl adjacent to an activating group) is 1. The first-order valence-corrected chi connectivity index (χ1v) is 6.49. The summed E-state index contributed by atoms with van der Waals surface area (Å²) >= 11 is 1.10. The van der Waals surface area contributed by atoms with Gasteiger partial charge in [0.2, 0.25) is 5.01 Å². The molecule has 1 rings (SSSR count). The molecule has 1 heterocycles. The summed E-state index contributed by atoms with van der Waals surface area (Å²) < 4.78 is 10.4. The standard InChI is InChI=1S/C11H19N3O3S/c1-6-16-9(15)8-12-13-10(18-8)17-7-11(2,3)14(4)5/h6-7H2,1-5H3. The lowest BCUT2D eigenvalue weighted by atomic mass is 10.1. The van der Waals surface area contributed by atoms with Gasteiger partial charge in [-0.25, -0.2) is 4.79 Å². The first-order chi connectivity index (χ1) is 8.36. The van der Waals surface area contributed by atoms with Gasteiger partial charge in [0.15, 0.2) is 0 Å². The van der Waals surface area contributed by atoms with Crippen molar-refractivity contribution in [2.45, 2.75) is 26.3 Å². The second-order valence-electron chi connectivity index (χ2n) is 4.59. The minimum Gasteiger partial charge on any atom is -0.467 e. The Bertz CT molecular complexity index is 404. The van der Waals surface area contributed by atoms with E-state index in [1.807, 2.05) is 14.1 Å².